The van der Waals surface area contributed by atoms with Gasteiger partial charge < -0.3 is 15.8 Å². The molecule has 1 aliphatic carbocycles. The lowest BCUT2D eigenvalue weighted by atomic mass is 9.56. The van der Waals surface area contributed by atoms with Crippen molar-refractivity contribution in [1.29, 1.82) is 0 Å². The van der Waals surface area contributed by atoms with Crippen molar-refractivity contribution in [2.75, 3.05) is 13.7 Å². The van der Waals surface area contributed by atoms with Crippen LogP contribution in [0.4, 0.5) is 0 Å². The van der Waals surface area contributed by atoms with Crippen LogP contribution >= 0.6 is 0 Å². The summed E-state index contributed by atoms with van der Waals surface area (Å²) < 4.78 is 5.45. The van der Waals surface area contributed by atoms with Gasteiger partial charge in [-0.15, -0.1) is 0 Å². The van der Waals surface area contributed by atoms with E-state index in [9.17, 15) is 4.79 Å². The second kappa shape index (κ2) is 5.92. The minimum absolute atomic E-state index is 0.146. The first kappa shape index (κ1) is 15.3. The molecule has 0 aromatic heterocycles. The quantitative estimate of drug-likeness (QED) is 0.876. The van der Waals surface area contributed by atoms with Crippen molar-refractivity contribution in [1.82, 2.24) is 5.32 Å². The smallest absolute Gasteiger partial charge is 0.217 e. The van der Waals surface area contributed by atoms with Crippen LogP contribution in [0.2, 0.25) is 0 Å². The number of primary amides is 1. The molecular weight excluding hydrogens is 276 g/mol. The summed E-state index contributed by atoms with van der Waals surface area (Å²) in [6.07, 6.45) is 4.56. The Morgan fingerprint density at radius 1 is 1.50 bits per heavy atom. The predicted molar refractivity (Wildman–Crippen MR) is 87.0 cm³/mol. The minimum atomic E-state index is -0.198. The molecule has 0 saturated carbocycles. The van der Waals surface area contributed by atoms with Crippen LogP contribution in [0.25, 0.3) is 0 Å². The number of nitrogens with two attached hydrogens (primary N) is 1. The lowest BCUT2D eigenvalue weighted by Gasteiger charge is -2.52. The molecule has 1 fully saturated rings. The number of methoxy groups -OCH3 is 1. The molecule has 1 aliphatic heterocycles. The number of hydrogen-bond acceptors (Lipinski definition) is 3. The molecular formula is C18H26N2O2. The first-order valence-corrected chi connectivity index (χ1v) is 8.26. The van der Waals surface area contributed by atoms with E-state index >= 15 is 0 Å². The minimum Gasteiger partial charge on any atom is -0.497 e. The number of nitrogens with one attached hydrogen (secondary N) is 1. The van der Waals surface area contributed by atoms with Crippen molar-refractivity contribution >= 4 is 5.91 Å². The summed E-state index contributed by atoms with van der Waals surface area (Å²) in [6.45, 7) is 3.39. The van der Waals surface area contributed by atoms with E-state index in [1.165, 1.54) is 11.1 Å². The topological polar surface area (TPSA) is 64.3 Å². The summed E-state index contributed by atoms with van der Waals surface area (Å²) in [4.78, 5) is 11.1. The third-order valence-electron chi connectivity index (χ3n) is 5.79. The van der Waals surface area contributed by atoms with Gasteiger partial charge >= 0.3 is 0 Å². The molecule has 22 heavy (non-hydrogen) atoms. The van der Waals surface area contributed by atoms with Crippen LogP contribution in [0.5, 0.6) is 5.75 Å². The van der Waals surface area contributed by atoms with Crippen LogP contribution in [0.1, 0.15) is 43.7 Å². The number of carbonyl (C=O) groups is 1. The van der Waals surface area contributed by atoms with Gasteiger partial charge in [-0.3, -0.25) is 4.79 Å². The average molecular weight is 302 g/mol. The highest BCUT2D eigenvalue weighted by atomic mass is 16.5. The Hall–Kier alpha value is -1.55. The van der Waals surface area contributed by atoms with Crippen LogP contribution in [0, 0.1) is 5.92 Å². The second-order valence-corrected chi connectivity index (χ2v) is 6.80. The lowest BCUT2D eigenvalue weighted by Crippen LogP contribution is -2.57. The molecule has 1 aromatic carbocycles. The number of piperidine rings is 1. The maximum Gasteiger partial charge on any atom is 0.217 e. The highest BCUT2D eigenvalue weighted by Crippen LogP contribution is 2.50. The Kier molecular flexibility index (Phi) is 4.13. The summed E-state index contributed by atoms with van der Waals surface area (Å²) in [5, 5.41) is 3.67. The van der Waals surface area contributed by atoms with E-state index < -0.39 is 0 Å². The van der Waals surface area contributed by atoms with E-state index in [4.69, 9.17) is 10.5 Å². The standard InChI is InChI=1S/C18H26N2O2/c1-12-16-10-13-5-6-14(22-2)11-15(13)18(12,8-9-20-16)7-3-4-17(19)21/h5-6,11-12,16,20H,3-4,7-10H2,1-2H3,(H2,19,21). The van der Waals surface area contributed by atoms with E-state index in [0.717, 1.165) is 38.0 Å². The van der Waals surface area contributed by atoms with Gasteiger partial charge in [0.2, 0.25) is 5.91 Å². The Morgan fingerprint density at radius 3 is 3.05 bits per heavy atom. The molecule has 4 heteroatoms. The van der Waals surface area contributed by atoms with E-state index in [0.29, 0.717) is 18.4 Å². The van der Waals surface area contributed by atoms with Gasteiger partial charge in [0.1, 0.15) is 5.75 Å². The zero-order valence-electron chi connectivity index (χ0n) is 13.5. The number of rotatable bonds is 5. The normalized spacial score (nSPS) is 29.7. The molecule has 3 N–H and O–H groups in total. The molecule has 1 heterocycles. The number of carbonyl (C=O) groups excluding carboxylic acids is 1. The summed E-state index contributed by atoms with van der Waals surface area (Å²) in [6, 6.07) is 7.02. The third-order valence-corrected chi connectivity index (χ3v) is 5.79. The fourth-order valence-corrected chi connectivity index (χ4v) is 4.53. The number of ether oxygens (including phenoxy) is 1. The van der Waals surface area contributed by atoms with Crippen molar-refractivity contribution < 1.29 is 9.53 Å². The predicted octanol–water partition coefficient (Wildman–Crippen LogP) is 2.14. The third kappa shape index (κ3) is 2.50. The molecule has 0 spiro atoms. The van der Waals surface area contributed by atoms with Gasteiger partial charge in [-0.05, 0) is 61.4 Å². The molecule has 1 aromatic rings. The van der Waals surface area contributed by atoms with E-state index in [2.05, 4.69) is 30.4 Å². The van der Waals surface area contributed by atoms with Crippen LogP contribution in [0.3, 0.4) is 0 Å². The van der Waals surface area contributed by atoms with E-state index in [1.54, 1.807) is 7.11 Å². The van der Waals surface area contributed by atoms with Crippen LogP contribution < -0.4 is 15.8 Å². The Labute approximate surface area is 132 Å². The lowest BCUT2D eigenvalue weighted by molar-refractivity contribution is -0.118. The van der Waals surface area contributed by atoms with Crippen molar-refractivity contribution in [3.05, 3.63) is 29.3 Å². The van der Waals surface area contributed by atoms with Crippen molar-refractivity contribution in [3.8, 4) is 5.75 Å². The molecule has 1 saturated heterocycles. The van der Waals surface area contributed by atoms with E-state index in [1.807, 2.05) is 0 Å². The zero-order chi connectivity index (χ0) is 15.7. The second-order valence-electron chi connectivity index (χ2n) is 6.80. The average Bonchev–Trinajstić information content (AvgIpc) is 2.49. The summed E-state index contributed by atoms with van der Waals surface area (Å²) in [5.41, 5.74) is 8.34. The zero-order valence-corrected chi connectivity index (χ0v) is 13.5. The van der Waals surface area contributed by atoms with Gasteiger partial charge in [-0.2, -0.15) is 0 Å². The summed E-state index contributed by atoms with van der Waals surface area (Å²) >= 11 is 0. The van der Waals surface area contributed by atoms with Gasteiger partial charge in [0.15, 0.2) is 0 Å². The SMILES string of the molecule is COc1ccc2c(c1)C1(CCCC(N)=O)CCNC(C2)C1C. The molecule has 3 unspecified atom stereocenters. The first-order valence-electron chi connectivity index (χ1n) is 8.26. The largest absolute Gasteiger partial charge is 0.497 e. The van der Waals surface area contributed by atoms with Gasteiger partial charge in [0, 0.05) is 17.9 Å². The van der Waals surface area contributed by atoms with Crippen LogP contribution in [-0.4, -0.2) is 25.6 Å². The number of amides is 1. The fourth-order valence-electron chi connectivity index (χ4n) is 4.53. The summed E-state index contributed by atoms with van der Waals surface area (Å²) in [5.74, 6) is 1.29. The van der Waals surface area contributed by atoms with Crippen molar-refractivity contribution in [3.63, 3.8) is 0 Å². The molecule has 2 aliphatic rings. The highest BCUT2D eigenvalue weighted by Gasteiger charge is 2.48. The molecule has 3 atom stereocenters. The van der Waals surface area contributed by atoms with Crippen LogP contribution in [0.15, 0.2) is 18.2 Å². The maximum atomic E-state index is 11.1. The molecule has 4 nitrogen and oxygen atoms in total. The highest BCUT2D eigenvalue weighted by molar-refractivity contribution is 5.73. The van der Waals surface area contributed by atoms with E-state index in [-0.39, 0.29) is 11.3 Å². The summed E-state index contributed by atoms with van der Waals surface area (Å²) in [7, 11) is 1.72. The fraction of sp³-hybridized carbons (Fsp3) is 0.611. The molecule has 120 valence electrons. The molecule has 2 bridgehead atoms. The van der Waals surface area contributed by atoms with Gasteiger partial charge in [-0.1, -0.05) is 13.0 Å². The number of benzene rings is 1. The van der Waals surface area contributed by atoms with Crippen molar-refractivity contribution in [2.24, 2.45) is 11.7 Å². The molecule has 1 amide bonds. The monoisotopic (exact) mass is 302 g/mol. The molecule has 0 radical (unpaired) electrons. The Balaban J connectivity index is 1.98. The maximum absolute atomic E-state index is 11.1. The number of fused-ring (bicyclic) bond motifs is 4. The van der Waals surface area contributed by atoms with Gasteiger partial charge in [-0.25, -0.2) is 0 Å². The molecule has 3 rings (SSSR count). The first-order chi connectivity index (χ1) is 10.6. The number of hydrogen-bond donors (Lipinski definition) is 2. The van der Waals surface area contributed by atoms with Gasteiger partial charge in [0.25, 0.3) is 0 Å². The Morgan fingerprint density at radius 2 is 2.32 bits per heavy atom. The van der Waals surface area contributed by atoms with Crippen LogP contribution in [-0.2, 0) is 16.6 Å². The Bertz CT molecular complexity index is 572. The van der Waals surface area contributed by atoms with Gasteiger partial charge in [0.05, 0.1) is 7.11 Å². The van der Waals surface area contributed by atoms with Crippen molar-refractivity contribution in [2.45, 2.75) is 50.5 Å².